The highest BCUT2D eigenvalue weighted by Crippen LogP contribution is 2.19. The third-order valence-electron chi connectivity index (χ3n) is 4.47. The quantitative estimate of drug-likeness (QED) is 0.257. The lowest BCUT2D eigenvalue weighted by atomic mass is 10.1. The molecule has 0 aliphatic carbocycles. The van der Waals surface area contributed by atoms with Gasteiger partial charge in [0.25, 0.3) is 5.91 Å². The first-order valence-corrected chi connectivity index (χ1v) is 10.2. The minimum atomic E-state index is -0.0102. The Balaban J connectivity index is 0.00000363. The Labute approximate surface area is 209 Å². The summed E-state index contributed by atoms with van der Waals surface area (Å²) < 4.78 is 5.30. The van der Waals surface area contributed by atoms with Crippen LogP contribution in [-0.2, 0) is 13.0 Å². The van der Waals surface area contributed by atoms with E-state index in [9.17, 15) is 4.79 Å². The molecule has 0 radical (unpaired) electrons. The molecule has 0 fully saturated rings. The lowest BCUT2D eigenvalue weighted by Gasteiger charge is -2.12. The fourth-order valence-electron chi connectivity index (χ4n) is 2.89. The summed E-state index contributed by atoms with van der Waals surface area (Å²) in [6.45, 7) is 0.983. The number of carbonyl (C=O) groups is 1. The Hall–Kier alpha value is -2.66. The number of aliphatic imine (C=N–C) groups is 1. The first-order valence-electron chi connectivity index (χ1n) is 9.80. The van der Waals surface area contributed by atoms with Gasteiger partial charge in [-0.1, -0.05) is 41.0 Å². The van der Waals surface area contributed by atoms with Crippen LogP contribution in [0.3, 0.4) is 0 Å². The third-order valence-corrected chi connectivity index (χ3v) is 4.70. The van der Waals surface area contributed by atoms with Crippen molar-refractivity contribution in [2.75, 3.05) is 27.7 Å². The number of hydrogen-bond acceptors (Lipinski definition) is 5. The van der Waals surface area contributed by atoms with Gasteiger partial charge in [0.05, 0.1) is 6.54 Å². The number of amides is 1. The molecule has 3 aromatic rings. The van der Waals surface area contributed by atoms with Crippen LogP contribution in [-0.4, -0.2) is 54.6 Å². The molecule has 0 atom stereocenters. The van der Waals surface area contributed by atoms with Crippen LogP contribution >= 0.6 is 35.6 Å². The molecule has 2 N–H and O–H groups in total. The van der Waals surface area contributed by atoms with Crippen molar-refractivity contribution in [2.24, 2.45) is 4.99 Å². The second kappa shape index (κ2) is 12.4. The van der Waals surface area contributed by atoms with E-state index in [1.54, 1.807) is 38.2 Å². The second-order valence-corrected chi connectivity index (χ2v) is 7.46. The summed E-state index contributed by atoms with van der Waals surface area (Å²) in [5.41, 5.74) is 2.54. The monoisotopic (exact) mass is 568 g/mol. The van der Waals surface area contributed by atoms with Crippen LogP contribution in [0.1, 0.15) is 21.8 Å². The molecule has 170 valence electrons. The van der Waals surface area contributed by atoms with Gasteiger partial charge in [-0.15, -0.1) is 24.0 Å². The van der Waals surface area contributed by atoms with Crippen LogP contribution in [0, 0.1) is 0 Å². The van der Waals surface area contributed by atoms with Crippen LogP contribution in [0.5, 0.6) is 0 Å². The lowest BCUT2D eigenvalue weighted by Crippen LogP contribution is -2.37. The van der Waals surface area contributed by atoms with Gasteiger partial charge < -0.3 is 20.1 Å². The molecule has 8 nitrogen and oxygen atoms in total. The average molecular weight is 569 g/mol. The van der Waals surface area contributed by atoms with Crippen molar-refractivity contribution in [3.05, 3.63) is 70.6 Å². The van der Waals surface area contributed by atoms with Gasteiger partial charge in [-0.25, -0.2) is 0 Å². The molecule has 0 saturated heterocycles. The van der Waals surface area contributed by atoms with Crippen molar-refractivity contribution >= 4 is 47.4 Å². The van der Waals surface area contributed by atoms with Crippen molar-refractivity contribution in [3.63, 3.8) is 0 Å². The fourth-order valence-corrected chi connectivity index (χ4v) is 3.09. The summed E-state index contributed by atoms with van der Waals surface area (Å²) in [7, 11) is 5.18. The maximum Gasteiger partial charge on any atom is 0.253 e. The van der Waals surface area contributed by atoms with Gasteiger partial charge >= 0.3 is 0 Å². The van der Waals surface area contributed by atoms with E-state index >= 15 is 0 Å². The summed E-state index contributed by atoms with van der Waals surface area (Å²) >= 11 is 6.01. The van der Waals surface area contributed by atoms with E-state index in [-0.39, 0.29) is 29.9 Å². The van der Waals surface area contributed by atoms with Crippen molar-refractivity contribution in [1.29, 1.82) is 0 Å². The smallest absolute Gasteiger partial charge is 0.253 e. The minimum absolute atomic E-state index is 0. The molecule has 1 amide bonds. The fraction of sp³-hybridized carbons (Fsp3) is 0.273. The van der Waals surface area contributed by atoms with Crippen molar-refractivity contribution in [3.8, 4) is 11.4 Å². The lowest BCUT2D eigenvalue weighted by molar-refractivity contribution is 0.0827. The summed E-state index contributed by atoms with van der Waals surface area (Å²) in [4.78, 5) is 22.3. The number of aromatic nitrogens is 2. The van der Waals surface area contributed by atoms with Gasteiger partial charge in [0.15, 0.2) is 5.96 Å². The Morgan fingerprint density at radius 3 is 2.66 bits per heavy atom. The highest BCUT2D eigenvalue weighted by atomic mass is 127. The summed E-state index contributed by atoms with van der Waals surface area (Å²) in [6, 6.07) is 14.9. The van der Waals surface area contributed by atoms with Gasteiger partial charge in [-0.3, -0.25) is 9.79 Å². The van der Waals surface area contributed by atoms with E-state index in [1.165, 1.54) is 0 Å². The first-order chi connectivity index (χ1) is 15.0. The van der Waals surface area contributed by atoms with Gasteiger partial charge in [0.2, 0.25) is 11.7 Å². The predicted molar refractivity (Wildman–Crippen MR) is 137 cm³/mol. The number of nitrogens with one attached hydrogen (secondary N) is 2. The Kier molecular flexibility index (Phi) is 9.92. The zero-order valence-electron chi connectivity index (χ0n) is 18.1. The van der Waals surface area contributed by atoms with E-state index < -0.39 is 0 Å². The number of rotatable bonds is 7. The Bertz CT molecular complexity index is 1070. The molecule has 3 rings (SSSR count). The number of carbonyl (C=O) groups excluding carboxylic acids is 1. The van der Waals surface area contributed by atoms with Gasteiger partial charge in [0.1, 0.15) is 0 Å². The Morgan fingerprint density at radius 1 is 1.16 bits per heavy atom. The van der Waals surface area contributed by atoms with E-state index in [4.69, 9.17) is 16.1 Å². The average Bonchev–Trinajstić information content (AvgIpc) is 3.25. The molecule has 0 spiro atoms. The molecular weight excluding hydrogens is 543 g/mol. The first kappa shape index (κ1) is 25.6. The van der Waals surface area contributed by atoms with Gasteiger partial charge in [0, 0.05) is 43.8 Å². The number of hydrogen-bond donors (Lipinski definition) is 2. The van der Waals surface area contributed by atoms with Gasteiger partial charge in [-0.05, 0) is 36.2 Å². The topological polar surface area (TPSA) is 95.7 Å². The summed E-state index contributed by atoms with van der Waals surface area (Å²) in [5, 5.41) is 11.0. The summed E-state index contributed by atoms with van der Waals surface area (Å²) in [6.07, 6.45) is 0.745. The molecule has 0 aliphatic heterocycles. The van der Waals surface area contributed by atoms with Crippen molar-refractivity contribution < 1.29 is 9.32 Å². The molecule has 2 aromatic carbocycles. The molecule has 0 unspecified atom stereocenters. The van der Waals surface area contributed by atoms with Crippen molar-refractivity contribution in [1.82, 2.24) is 25.7 Å². The number of halogens is 2. The van der Waals surface area contributed by atoms with Crippen LogP contribution < -0.4 is 10.6 Å². The van der Waals surface area contributed by atoms with Crippen LogP contribution in [0.4, 0.5) is 0 Å². The predicted octanol–water partition coefficient (Wildman–Crippen LogP) is 3.62. The molecule has 0 saturated carbocycles. The third kappa shape index (κ3) is 7.20. The normalized spacial score (nSPS) is 10.9. The molecule has 1 aromatic heterocycles. The molecule has 32 heavy (non-hydrogen) atoms. The molecule has 1 heterocycles. The van der Waals surface area contributed by atoms with Crippen LogP contribution in [0.15, 0.2) is 58.0 Å². The maximum absolute atomic E-state index is 12.1. The van der Waals surface area contributed by atoms with Crippen LogP contribution in [0.2, 0.25) is 5.02 Å². The minimum Gasteiger partial charge on any atom is -0.356 e. The maximum atomic E-state index is 12.1. The van der Waals surface area contributed by atoms with E-state index in [0.717, 1.165) is 17.5 Å². The standard InChI is InChI=1S/C22H25ClN6O2.HI/c1-24-22(25-11-10-15-6-4-8-17(12-15)21(30)29(2)3)26-14-19-27-20(28-31-19)16-7-5-9-18(23)13-16;/h4-9,12-13H,10-11,14H2,1-3H3,(H2,24,25,26);1H. The van der Waals surface area contributed by atoms with Crippen LogP contribution in [0.25, 0.3) is 11.4 Å². The Morgan fingerprint density at radius 2 is 1.94 bits per heavy atom. The zero-order valence-corrected chi connectivity index (χ0v) is 21.2. The highest BCUT2D eigenvalue weighted by Gasteiger charge is 2.10. The summed E-state index contributed by atoms with van der Waals surface area (Å²) in [5.74, 6) is 1.52. The largest absolute Gasteiger partial charge is 0.356 e. The van der Waals surface area contributed by atoms with E-state index in [0.29, 0.717) is 41.4 Å². The van der Waals surface area contributed by atoms with Crippen molar-refractivity contribution in [2.45, 2.75) is 13.0 Å². The second-order valence-electron chi connectivity index (χ2n) is 7.02. The SMILES string of the molecule is CN=C(NCCc1cccc(C(=O)N(C)C)c1)NCc1nc(-c2cccc(Cl)c2)no1.I. The zero-order chi connectivity index (χ0) is 22.2. The molecule has 0 aliphatic rings. The van der Waals surface area contributed by atoms with Gasteiger partial charge in [-0.2, -0.15) is 4.98 Å². The van der Waals surface area contributed by atoms with E-state index in [1.807, 2.05) is 36.4 Å². The molecule has 0 bridgehead atoms. The number of benzene rings is 2. The number of nitrogens with zero attached hydrogens (tertiary/aromatic N) is 4. The highest BCUT2D eigenvalue weighted by molar-refractivity contribution is 14.0. The number of guanidine groups is 1. The molecule has 10 heteroatoms. The molecular formula is C22H26ClIN6O2. The van der Waals surface area contributed by atoms with E-state index in [2.05, 4.69) is 25.8 Å².